The summed E-state index contributed by atoms with van der Waals surface area (Å²) >= 11 is 0. The third-order valence-electron chi connectivity index (χ3n) is 8.24. The molecule has 0 bridgehead atoms. The van der Waals surface area contributed by atoms with E-state index in [0.717, 1.165) is 48.2 Å². The summed E-state index contributed by atoms with van der Waals surface area (Å²) in [6.45, 7) is 4.42. The Morgan fingerprint density at radius 2 is 1.85 bits per heavy atom. The van der Waals surface area contributed by atoms with Gasteiger partial charge in [0.1, 0.15) is 11.9 Å². The molecule has 1 saturated carbocycles. The largest absolute Gasteiger partial charge is 0.461 e. The van der Waals surface area contributed by atoms with Crippen molar-refractivity contribution in [3.63, 3.8) is 0 Å². The monoisotopic (exact) mass is 538 g/mol. The molecule has 9 heteroatoms. The maximum absolute atomic E-state index is 15.5. The minimum Gasteiger partial charge on any atom is -0.461 e. The summed E-state index contributed by atoms with van der Waals surface area (Å²) in [5, 5.41) is 3.38. The van der Waals surface area contributed by atoms with Crippen molar-refractivity contribution in [3.8, 4) is 5.69 Å². The van der Waals surface area contributed by atoms with E-state index in [-0.39, 0.29) is 41.4 Å². The van der Waals surface area contributed by atoms with Gasteiger partial charge in [0.15, 0.2) is 5.78 Å². The number of fused-ring (bicyclic) bond motifs is 3. The topological polar surface area (TPSA) is 107 Å². The van der Waals surface area contributed by atoms with E-state index >= 15 is 4.39 Å². The highest BCUT2D eigenvalue weighted by molar-refractivity contribution is 6.01. The second kappa shape index (κ2) is 10.4. The summed E-state index contributed by atoms with van der Waals surface area (Å²) in [6.07, 6.45) is 6.50. The molecule has 0 saturated heterocycles. The lowest BCUT2D eigenvalue weighted by atomic mass is 9.75. The molecule has 3 aliphatic carbocycles. The van der Waals surface area contributed by atoms with Gasteiger partial charge in [0.05, 0.1) is 23.5 Å². The molecule has 0 unspecified atom stereocenters. The maximum atomic E-state index is 15.5. The first kappa shape index (κ1) is 27.4. The third-order valence-corrected chi connectivity index (χ3v) is 8.24. The molecular formula is C30H39FN4O4. The zero-order valence-electron chi connectivity index (χ0n) is 23.4. The van der Waals surface area contributed by atoms with Crippen LogP contribution in [0.15, 0.2) is 12.1 Å². The number of carbonyl (C=O) groups is 3. The number of hydrogen-bond donors (Lipinski definition) is 2. The highest BCUT2D eigenvalue weighted by atomic mass is 19.1. The summed E-state index contributed by atoms with van der Waals surface area (Å²) in [4.78, 5) is 39.3. The first-order chi connectivity index (χ1) is 18.4. The van der Waals surface area contributed by atoms with Gasteiger partial charge in [-0.25, -0.2) is 4.39 Å². The first-order valence-corrected chi connectivity index (χ1v) is 14.0. The van der Waals surface area contributed by atoms with Gasteiger partial charge in [-0.3, -0.25) is 19.3 Å². The fourth-order valence-electron chi connectivity index (χ4n) is 6.65. The lowest BCUT2D eigenvalue weighted by Gasteiger charge is -2.31. The molecule has 1 heterocycles. The Labute approximate surface area is 229 Å². The van der Waals surface area contributed by atoms with Gasteiger partial charge in [-0.05, 0) is 88.6 Å². The van der Waals surface area contributed by atoms with Gasteiger partial charge in [-0.2, -0.15) is 0 Å². The Morgan fingerprint density at radius 3 is 2.51 bits per heavy atom. The number of nitrogens with zero attached hydrogens (tertiary/aromatic N) is 2. The molecule has 1 amide bonds. The highest BCUT2D eigenvalue weighted by Crippen LogP contribution is 2.43. The number of amides is 1. The first-order valence-electron chi connectivity index (χ1n) is 14.0. The van der Waals surface area contributed by atoms with Gasteiger partial charge in [-0.1, -0.05) is 13.8 Å². The third kappa shape index (κ3) is 5.46. The molecule has 0 spiro atoms. The number of nitrogens with two attached hydrogens (primary N) is 1. The number of likely N-dealkylation sites (N-methyl/N-ethyl adjacent to an activating group) is 1. The van der Waals surface area contributed by atoms with Crippen LogP contribution in [0.3, 0.4) is 0 Å². The molecular weight excluding hydrogens is 499 g/mol. The van der Waals surface area contributed by atoms with Gasteiger partial charge in [0, 0.05) is 29.4 Å². The summed E-state index contributed by atoms with van der Waals surface area (Å²) in [6, 6.07) is 3.15. The number of Topliss-reactive ketones (excluding diaryl/α,β-unsaturated/α-hetero) is 1. The number of rotatable bonds is 7. The second-order valence-corrected chi connectivity index (χ2v) is 12.4. The van der Waals surface area contributed by atoms with Crippen molar-refractivity contribution in [2.45, 2.75) is 83.8 Å². The number of anilines is 1. The van der Waals surface area contributed by atoms with E-state index in [4.69, 9.17) is 10.5 Å². The van der Waals surface area contributed by atoms with Crippen molar-refractivity contribution in [1.82, 2.24) is 9.47 Å². The van der Waals surface area contributed by atoms with Crippen molar-refractivity contribution < 1.29 is 23.5 Å². The summed E-state index contributed by atoms with van der Waals surface area (Å²) in [7, 11) is 3.64. The zero-order valence-corrected chi connectivity index (χ0v) is 23.4. The van der Waals surface area contributed by atoms with Gasteiger partial charge in [-0.15, -0.1) is 0 Å². The lowest BCUT2D eigenvalue weighted by molar-refractivity contribution is -0.151. The van der Waals surface area contributed by atoms with Gasteiger partial charge in [0.25, 0.3) is 5.91 Å². The van der Waals surface area contributed by atoms with Crippen LogP contribution in [0.5, 0.6) is 0 Å². The number of esters is 1. The van der Waals surface area contributed by atoms with Crippen LogP contribution >= 0.6 is 0 Å². The Balaban J connectivity index is 1.44. The fraction of sp³-hybridized carbons (Fsp3) is 0.567. The number of ketones is 1. The second-order valence-electron chi connectivity index (χ2n) is 12.4. The molecule has 5 rings (SSSR count). The summed E-state index contributed by atoms with van der Waals surface area (Å²) in [5.41, 5.74) is 10.2. The van der Waals surface area contributed by atoms with Gasteiger partial charge < -0.3 is 20.4 Å². The Kier molecular flexibility index (Phi) is 7.31. The molecule has 0 aliphatic heterocycles. The Bertz CT molecular complexity index is 1320. The minimum absolute atomic E-state index is 0.0219. The van der Waals surface area contributed by atoms with Crippen LogP contribution in [-0.4, -0.2) is 59.9 Å². The molecule has 39 heavy (non-hydrogen) atoms. The van der Waals surface area contributed by atoms with E-state index in [9.17, 15) is 14.4 Å². The molecule has 210 valence electrons. The molecule has 3 aliphatic rings. The Hall–Kier alpha value is -3.20. The minimum atomic E-state index is -0.830. The van der Waals surface area contributed by atoms with Crippen LogP contribution in [-0.2, 0) is 28.8 Å². The van der Waals surface area contributed by atoms with Crippen LogP contribution in [0, 0.1) is 11.2 Å². The fourth-order valence-corrected chi connectivity index (χ4v) is 6.65. The van der Waals surface area contributed by atoms with Crippen molar-refractivity contribution >= 4 is 23.3 Å². The van der Waals surface area contributed by atoms with Crippen LogP contribution in [0.2, 0.25) is 0 Å². The molecule has 2 aromatic rings. The number of nitrogens with one attached hydrogen (secondary N) is 1. The number of hydrogen-bond acceptors (Lipinski definition) is 6. The number of aromatic nitrogens is 1. The SMILES string of the molecule is CN(C)CC(=O)OC1CCC(Nc2cc(-n3c4c(c5c3CC(C)(C)CC5=O)CCC4)cc(F)c2C(N)=O)CC1. The van der Waals surface area contributed by atoms with Crippen molar-refractivity contribution in [2.75, 3.05) is 26.0 Å². The van der Waals surface area contributed by atoms with Crippen LogP contribution in [0.4, 0.5) is 10.1 Å². The van der Waals surface area contributed by atoms with Crippen LogP contribution < -0.4 is 11.1 Å². The molecule has 3 N–H and O–H groups in total. The molecule has 8 nitrogen and oxygen atoms in total. The number of benzene rings is 1. The lowest BCUT2D eigenvalue weighted by Crippen LogP contribution is -2.34. The number of ether oxygens (including phenoxy) is 1. The van der Waals surface area contributed by atoms with E-state index < -0.39 is 11.7 Å². The van der Waals surface area contributed by atoms with Gasteiger partial charge in [0.2, 0.25) is 0 Å². The summed E-state index contributed by atoms with van der Waals surface area (Å²) < 4.78 is 23.2. The quantitative estimate of drug-likeness (QED) is 0.512. The van der Waals surface area contributed by atoms with E-state index in [1.54, 1.807) is 11.0 Å². The van der Waals surface area contributed by atoms with Crippen molar-refractivity contribution in [3.05, 3.63) is 46.0 Å². The smallest absolute Gasteiger partial charge is 0.320 e. The van der Waals surface area contributed by atoms with Crippen molar-refractivity contribution in [2.24, 2.45) is 11.1 Å². The van der Waals surface area contributed by atoms with Crippen LogP contribution in [0.1, 0.15) is 90.0 Å². The zero-order chi connectivity index (χ0) is 28.1. The highest BCUT2D eigenvalue weighted by Gasteiger charge is 2.39. The van der Waals surface area contributed by atoms with E-state index in [0.29, 0.717) is 43.5 Å². The van der Waals surface area contributed by atoms with Crippen molar-refractivity contribution in [1.29, 1.82) is 0 Å². The molecule has 1 fully saturated rings. The molecule has 0 atom stereocenters. The number of carbonyl (C=O) groups excluding carboxylic acids is 3. The van der Waals surface area contributed by atoms with E-state index in [1.165, 1.54) is 6.07 Å². The van der Waals surface area contributed by atoms with Gasteiger partial charge >= 0.3 is 5.97 Å². The normalized spacial score (nSPS) is 21.9. The number of primary amides is 1. The number of halogens is 1. The standard InChI is InChI=1S/C30H39FN4O4/c1-30(2)14-24-27(25(36)15-30)20-6-5-7-23(20)35(24)18-12-21(31)28(29(32)38)22(13-18)33-17-8-10-19(11-9-17)39-26(37)16-34(3)4/h12-13,17,19,33H,5-11,14-16H2,1-4H3,(H2,32,38). The Morgan fingerprint density at radius 1 is 1.13 bits per heavy atom. The molecule has 0 radical (unpaired) electrons. The molecule has 1 aromatic carbocycles. The maximum Gasteiger partial charge on any atom is 0.320 e. The summed E-state index contributed by atoms with van der Waals surface area (Å²) in [5.74, 6) is -1.59. The van der Waals surface area contributed by atoms with E-state index in [1.807, 2.05) is 14.1 Å². The average Bonchev–Trinajstić information content (AvgIpc) is 3.38. The van der Waals surface area contributed by atoms with E-state index in [2.05, 4.69) is 23.7 Å². The predicted octanol–water partition coefficient (Wildman–Crippen LogP) is 4.19. The average molecular weight is 539 g/mol. The van der Waals surface area contributed by atoms with Crippen LogP contribution in [0.25, 0.3) is 5.69 Å². The molecule has 1 aromatic heterocycles. The predicted molar refractivity (Wildman–Crippen MR) is 147 cm³/mol.